The maximum Gasteiger partial charge on any atom is 0.262 e. The van der Waals surface area contributed by atoms with Crippen LogP contribution in [0.15, 0.2) is 122 Å². The van der Waals surface area contributed by atoms with E-state index >= 15 is 0 Å². The van der Waals surface area contributed by atoms with Crippen molar-refractivity contribution in [3.05, 3.63) is 162 Å². The number of carbonyl (C=O) groups excluding carboxylic acids is 4. The lowest BCUT2D eigenvalue weighted by atomic mass is 9.60. The summed E-state index contributed by atoms with van der Waals surface area (Å²) in [7, 11) is 7.06. The third-order valence-corrected chi connectivity index (χ3v) is 29.6. The number of nitrogens with zero attached hydrogens (tertiary/aromatic N) is 8. The van der Waals surface area contributed by atoms with E-state index in [1.807, 2.05) is 52.0 Å². The molecule has 6 saturated carbocycles. The number of rotatable bonds is 5. The maximum atomic E-state index is 14.1. The zero-order valence-corrected chi connectivity index (χ0v) is 69.3. The molecule has 0 aromatic heterocycles. The maximum absolute atomic E-state index is 14.1. The van der Waals surface area contributed by atoms with Crippen LogP contribution in [0, 0.1) is 69.0 Å². The van der Waals surface area contributed by atoms with Crippen molar-refractivity contribution >= 4 is 75.0 Å². The highest BCUT2D eigenvalue weighted by Gasteiger charge is 2.71. The fraction of sp³-hybridized carbons (Fsp3) is 0.543. The summed E-state index contributed by atoms with van der Waals surface area (Å²) in [5.41, 5.74) is 33.8. The smallest absolute Gasteiger partial charge is 0.262 e. The van der Waals surface area contributed by atoms with Gasteiger partial charge in [-0.3, -0.25) is 38.8 Å². The van der Waals surface area contributed by atoms with Crippen molar-refractivity contribution in [3.8, 4) is 34.8 Å². The Morgan fingerprint density at radius 3 is 1.12 bits per heavy atom. The Hall–Kier alpha value is -8.33. The molecule has 5 aromatic carbocycles. The van der Waals surface area contributed by atoms with Gasteiger partial charge < -0.3 is 32.4 Å². The Morgan fingerprint density at radius 1 is 0.438 bits per heavy atom. The van der Waals surface area contributed by atoms with E-state index in [0.29, 0.717) is 52.5 Å². The number of fused-ring (bicyclic) bond motifs is 12. The summed E-state index contributed by atoms with van der Waals surface area (Å²) in [6, 6.07) is 33.3. The minimum absolute atomic E-state index is 0.00538. The molecule has 4 amide bonds. The van der Waals surface area contributed by atoms with E-state index in [1.165, 1.54) is 47.9 Å². The summed E-state index contributed by atoms with van der Waals surface area (Å²) in [4.78, 5) is 81.2. The predicted octanol–water partition coefficient (Wildman–Crippen LogP) is 14.6. The molecule has 5 aromatic rings. The fourth-order valence-electron chi connectivity index (χ4n) is 22.2. The first-order chi connectivity index (χ1) is 53.6. The van der Waals surface area contributed by atoms with Gasteiger partial charge in [-0.25, -0.2) is 20.0 Å². The summed E-state index contributed by atoms with van der Waals surface area (Å²) in [6.45, 7) is 12.6. The average molecular weight is 1600 g/mol. The van der Waals surface area contributed by atoms with Crippen LogP contribution in [0.5, 0.6) is 0 Å². The number of likely N-dealkylation sites (N-methyl/N-ethyl adjacent to an activating group) is 2. The molecule has 588 valence electrons. The lowest BCUT2D eigenvalue weighted by Gasteiger charge is -2.45. The van der Waals surface area contributed by atoms with E-state index in [2.05, 4.69) is 126 Å². The molecule has 4 heterocycles. The van der Waals surface area contributed by atoms with Gasteiger partial charge in [0, 0.05) is 94.5 Å². The second-order valence-electron chi connectivity index (χ2n) is 36.1. The normalized spacial score (nSPS) is 32.8. The molecule has 18 nitrogen and oxygen atoms in total. The highest BCUT2D eigenvalue weighted by Crippen LogP contribution is 2.67. The van der Waals surface area contributed by atoms with Crippen LogP contribution in [0.3, 0.4) is 0 Å². The van der Waals surface area contributed by atoms with Gasteiger partial charge in [0.1, 0.15) is 0 Å². The van der Waals surface area contributed by atoms with Gasteiger partial charge in [0.25, 0.3) is 23.6 Å². The molecule has 14 aliphatic rings. The summed E-state index contributed by atoms with van der Waals surface area (Å²) >= 11 is 9.84. The zero-order chi connectivity index (χ0) is 79.0. The number of nitrogens with two attached hydrogens (primary N) is 4. The van der Waals surface area contributed by atoms with E-state index in [9.17, 15) is 19.2 Å². The molecule has 112 heavy (non-hydrogen) atoms. The minimum atomic E-state index is -0.968. The van der Waals surface area contributed by atoms with Gasteiger partial charge in [-0.2, -0.15) is 0 Å². The van der Waals surface area contributed by atoms with Crippen LogP contribution in [0.4, 0.5) is 0 Å². The Labute approximate surface area is 674 Å². The lowest BCUT2D eigenvalue weighted by Crippen LogP contribution is -2.53. The van der Waals surface area contributed by atoms with Gasteiger partial charge in [0.15, 0.2) is 46.0 Å². The van der Waals surface area contributed by atoms with E-state index in [0.717, 1.165) is 177 Å². The van der Waals surface area contributed by atoms with Crippen molar-refractivity contribution in [1.29, 1.82) is 0 Å². The first-order valence-corrected chi connectivity index (χ1v) is 42.4. The molecular formula is C92H110BrClN12O6. The number of aliphatic imine (C=N–C) groups is 4. The molecule has 0 bridgehead atoms. The van der Waals surface area contributed by atoms with Crippen LogP contribution in [0.25, 0.3) is 11.1 Å². The van der Waals surface area contributed by atoms with Crippen LogP contribution in [0.2, 0.25) is 5.02 Å². The van der Waals surface area contributed by atoms with Gasteiger partial charge >= 0.3 is 0 Å². The second-order valence-corrected chi connectivity index (χ2v) is 37.4. The van der Waals surface area contributed by atoms with E-state index in [4.69, 9.17) is 64.0 Å². The zero-order valence-electron chi connectivity index (χ0n) is 66.9. The number of methoxy groups -OCH3 is 2. The summed E-state index contributed by atoms with van der Waals surface area (Å²) in [5.74, 6) is 17.4. The molecule has 8 spiro atoms. The third kappa shape index (κ3) is 12.3. The predicted molar refractivity (Wildman–Crippen MR) is 444 cm³/mol. The number of hydrogen-bond donors (Lipinski definition) is 4. The molecule has 20 heteroatoms. The van der Waals surface area contributed by atoms with Gasteiger partial charge in [-0.05, 0) is 278 Å². The first-order valence-electron chi connectivity index (χ1n) is 41.2. The number of hydrogen-bond acceptors (Lipinski definition) is 14. The molecule has 6 fully saturated rings. The molecule has 4 aliphatic heterocycles. The van der Waals surface area contributed by atoms with Crippen molar-refractivity contribution in [1.82, 2.24) is 19.6 Å². The monoisotopic (exact) mass is 1590 g/mol. The van der Waals surface area contributed by atoms with Crippen molar-refractivity contribution in [2.45, 2.75) is 242 Å². The Kier molecular flexibility index (Phi) is 20.0. The largest absolute Gasteiger partial charge is 0.381 e. The SMILES string of the molecule is CC1CCC2(CC1)Cc1ccc(C#CC3CC3)cc1C21N=C(N)N(C)C1=O.CC1CCC2(CC1)Cc1ccc(C#CC3CC3)cc1C21N=C(N)N(C)C1=O.COC1CCC2(CC1)Cc1ccc(-c3cccc(Cl)c3)cc1C21N=C(N)N(C(C)C)C1=O.COC1CCC2(CC1)Cc1ccc(Br)cc1C21N=C(N)N(C(C)C)C1=O. The highest BCUT2D eigenvalue weighted by atomic mass is 79.9. The Balaban J connectivity index is 0.000000113. The van der Waals surface area contributed by atoms with E-state index < -0.39 is 22.2 Å². The molecule has 0 saturated heterocycles. The molecule has 19 rings (SSSR count). The fourth-order valence-corrected chi connectivity index (χ4v) is 22.7. The quantitative estimate of drug-likeness (QED) is 0.121. The Morgan fingerprint density at radius 2 is 0.777 bits per heavy atom. The minimum Gasteiger partial charge on any atom is -0.381 e. The van der Waals surface area contributed by atoms with Crippen molar-refractivity contribution in [3.63, 3.8) is 0 Å². The van der Waals surface area contributed by atoms with Crippen LogP contribution < -0.4 is 22.9 Å². The molecule has 10 aliphatic carbocycles. The summed E-state index contributed by atoms with van der Waals surface area (Å²) in [5, 5.41) is 0.692. The number of benzene rings is 5. The summed E-state index contributed by atoms with van der Waals surface area (Å²) < 4.78 is 12.2. The number of ether oxygens (including phenoxy) is 2. The average Bonchev–Trinajstić information content (AvgIpc) is 1.54. The molecule has 4 atom stereocenters. The first kappa shape index (κ1) is 77.6. The van der Waals surface area contributed by atoms with Gasteiger partial charge in [0.05, 0.1) is 12.2 Å². The van der Waals surface area contributed by atoms with Crippen molar-refractivity contribution in [2.75, 3.05) is 28.3 Å². The van der Waals surface area contributed by atoms with Crippen molar-refractivity contribution in [2.24, 2.45) is 88.2 Å². The lowest BCUT2D eigenvalue weighted by molar-refractivity contribution is -0.140. The molecule has 8 N–H and O–H groups in total. The third-order valence-electron chi connectivity index (χ3n) is 28.8. The van der Waals surface area contributed by atoms with Gasteiger partial charge in [-0.15, -0.1) is 0 Å². The highest BCUT2D eigenvalue weighted by molar-refractivity contribution is 9.10. The number of amides is 4. The second kappa shape index (κ2) is 28.9. The van der Waals surface area contributed by atoms with Gasteiger partial charge in [0.2, 0.25) is 0 Å². The van der Waals surface area contributed by atoms with Crippen molar-refractivity contribution < 1.29 is 28.7 Å². The van der Waals surface area contributed by atoms with Crippen LogP contribution in [0.1, 0.15) is 226 Å². The van der Waals surface area contributed by atoms with Crippen LogP contribution in [-0.2, 0) is 76.5 Å². The number of halogens is 2. The van der Waals surface area contributed by atoms with E-state index in [1.54, 1.807) is 47.9 Å². The van der Waals surface area contributed by atoms with Crippen LogP contribution in [-0.4, -0.2) is 120 Å². The molecule has 0 radical (unpaired) electrons. The molecular weight excluding hydrogens is 1480 g/mol. The number of guanidine groups is 4. The topological polar surface area (TPSA) is 253 Å². The number of carbonyl (C=O) groups is 4. The van der Waals surface area contributed by atoms with Crippen LogP contribution >= 0.6 is 27.5 Å². The van der Waals surface area contributed by atoms with E-state index in [-0.39, 0.29) is 69.6 Å². The summed E-state index contributed by atoms with van der Waals surface area (Å²) in [6.07, 6.45) is 25.0. The standard InChI is InChI=1S/C26H30ClN3O2.2C23H27N3O.C20H26BrN3O2/c1-16(2)30-23(31)26(29-24(30)28)22-14-18(17-5-4-6-20(27)13-17)7-8-19(22)15-25(26)11-9-21(32-3)10-12-25;2*1-15-9-11-22(12-10-15)14-18-8-7-17(6-5-16-3-4-16)13-19(18)23(22)20(27)26(2)21(24)25-23;1-12(2)24-17(25)20(23-18(24)22)16-10-14(21)5-4-13(16)11-19(20)8-6-15(26-3)7-9-19/h4-8,13-14,16,21H,9-12,15H2,1-3H3,(H2,28,29);2*7-8,13,15-16H,3-4,9-12,14H2,1-2H3,(H2,24,25);4-5,10,12,15H,6-9,11H2,1-3H3,(H2,22,23). The molecule has 4 unspecified atom stereocenters. The Bertz CT molecular complexity index is 4770. The van der Waals surface area contributed by atoms with Gasteiger partial charge in [-0.1, -0.05) is 133 Å².